The maximum Gasteiger partial charge on any atom is 0.416 e. The average molecular weight is 335 g/mol. The Hall–Kier alpha value is -2.76. The van der Waals surface area contributed by atoms with Crippen LogP contribution in [0.4, 0.5) is 18.9 Å². The Morgan fingerprint density at radius 1 is 1.08 bits per heavy atom. The molecule has 0 spiro atoms. The predicted octanol–water partition coefficient (Wildman–Crippen LogP) is 4.91. The minimum absolute atomic E-state index is 0.225. The molecule has 2 aromatic carbocycles. The Labute approximate surface area is 137 Å². The van der Waals surface area contributed by atoms with Crippen molar-refractivity contribution in [1.82, 2.24) is 0 Å². The first-order valence-corrected chi connectivity index (χ1v) is 7.27. The van der Waals surface area contributed by atoms with Crippen LogP contribution in [-0.4, -0.2) is 12.4 Å². The summed E-state index contributed by atoms with van der Waals surface area (Å²) in [5.41, 5.74) is 0.227. The standard InChI is InChI=1S/C18H16F3NO2/c1-2-24-16-9-3-13(4-10-16)17(23)11-12-22-15-7-5-14(6-8-15)18(19,20)21/h3-12,22H,2H2,1H3. The molecular formula is C18H16F3NO2. The first-order chi connectivity index (χ1) is 11.4. The molecular weight excluding hydrogens is 319 g/mol. The van der Waals surface area contributed by atoms with Crippen molar-refractivity contribution in [3.63, 3.8) is 0 Å². The van der Waals surface area contributed by atoms with Crippen LogP contribution in [0, 0.1) is 0 Å². The van der Waals surface area contributed by atoms with Crippen LogP contribution in [0.15, 0.2) is 60.8 Å². The zero-order chi connectivity index (χ0) is 17.6. The number of anilines is 1. The Morgan fingerprint density at radius 2 is 1.71 bits per heavy atom. The fourth-order valence-electron chi connectivity index (χ4n) is 1.95. The molecule has 0 aromatic heterocycles. The van der Waals surface area contributed by atoms with E-state index in [2.05, 4.69) is 5.32 Å². The number of nitrogens with one attached hydrogen (secondary N) is 1. The van der Waals surface area contributed by atoms with Gasteiger partial charge in [0.05, 0.1) is 12.2 Å². The molecule has 0 saturated carbocycles. The number of ketones is 1. The smallest absolute Gasteiger partial charge is 0.416 e. The third kappa shape index (κ3) is 4.87. The number of carbonyl (C=O) groups is 1. The summed E-state index contributed by atoms with van der Waals surface area (Å²) in [6.45, 7) is 2.42. The van der Waals surface area contributed by atoms with Gasteiger partial charge in [-0.2, -0.15) is 13.2 Å². The van der Waals surface area contributed by atoms with E-state index in [1.165, 1.54) is 24.4 Å². The lowest BCUT2D eigenvalue weighted by Gasteiger charge is -2.07. The van der Waals surface area contributed by atoms with Crippen molar-refractivity contribution in [2.45, 2.75) is 13.1 Å². The summed E-state index contributed by atoms with van der Waals surface area (Å²) < 4.78 is 42.7. The lowest BCUT2D eigenvalue weighted by Crippen LogP contribution is -2.04. The van der Waals surface area contributed by atoms with E-state index in [1.807, 2.05) is 6.92 Å². The molecule has 24 heavy (non-hydrogen) atoms. The van der Waals surface area contributed by atoms with Gasteiger partial charge in [-0.25, -0.2) is 0 Å². The molecule has 0 heterocycles. The van der Waals surface area contributed by atoms with Crippen LogP contribution < -0.4 is 10.1 Å². The number of hydrogen-bond acceptors (Lipinski definition) is 3. The Kier molecular flexibility index (Phi) is 5.63. The number of halogens is 3. The molecule has 126 valence electrons. The van der Waals surface area contributed by atoms with E-state index < -0.39 is 11.7 Å². The van der Waals surface area contributed by atoms with Crippen molar-refractivity contribution in [2.75, 3.05) is 11.9 Å². The van der Waals surface area contributed by atoms with Crippen LogP contribution in [-0.2, 0) is 6.18 Å². The fourth-order valence-corrected chi connectivity index (χ4v) is 1.95. The molecule has 0 fully saturated rings. The summed E-state index contributed by atoms with van der Waals surface area (Å²) in [7, 11) is 0. The van der Waals surface area contributed by atoms with Gasteiger partial charge >= 0.3 is 6.18 Å². The van der Waals surface area contributed by atoms with Crippen molar-refractivity contribution in [2.24, 2.45) is 0 Å². The second-order valence-corrected chi connectivity index (χ2v) is 4.87. The van der Waals surface area contributed by atoms with Crippen molar-refractivity contribution < 1.29 is 22.7 Å². The van der Waals surface area contributed by atoms with Crippen molar-refractivity contribution in [3.8, 4) is 5.75 Å². The van der Waals surface area contributed by atoms with Crippen LogP contribution in [0.1, 0.15) is 22.8 Å². The summed E-state index contributed by atoms with van der Waals surface area (Å²) in [6.07, 6.45) is -1.66. The molecule has 0 unspecified atom stereocenters. The van der Waals surface area contributed by atoms with Gasteiger partial charge in [-0.05, 0) is 55.5 Å². The van der Waals surface area contributed by atoms with E-state index >= 15 is 0 Å². The van der Waals surface area contributed by atoms with Gasteiger partial charge in [0.2, 0.25) is 0 Å². The number of benzene rings is 2. The molecule has 1 N–H and O–H groups in total. The molecule has 2 aromatic rings. The van der Waals surface area contributed by atoms with Crippen LogP contribution in [0.5, 0.6) is 5.75 Å². The van der Waals surface area contributed by atoms with E-state index in [1.54, 1.807) is 24.3 Å². The summed E-state index contributed by atoms with van der Waals surface area (Å²) in [5, 5.41) is 2.76. The Bertz CT molecular complexity index is 705. The molecule has 0 atom stereocenters. The number of rotatable bonds is 6. The topological polar surface area (TPSA) is 38.3 Å². The monoisotopic (exact) mass is 335 g/mol. The lowest BCUT2D eigenvalue weighted by molar-refractivity contribution is -0.137. The van der Waals surface area contributed by atoms with E-state index in [-0.39, 0.29) is 5.78 Å². The molecule has 0 aliphatic carbocycles. The quantitative estimate of drug-likeness (QED) is 0.602. The zero-order valence-electron chi connectivity index (χ0n) is 12.9. The highest BCUT2D eigenvalue weighted by atomic mass is 19.4. The normalized spacial score (nSPS) is 11.5. The number of allylic oxidation sites excluding steroid dienone is 1. The zero-order valence-corrected chi connectivity index (χ0v) is 12.9. The van der Waals surface area contributed by atoms with Crippen LogP contribution in [0.25, 0.3) is 0 Å². The fraction of sp³-hybridized carbons (Fsp3) is 0.167. The summed E-state index contributed by atoms with van der Waals surface area (Å²) in [4.78, 5) is 12.0. The molecule has 0 bridgehead atoms. The minimum Gasteiger partial charge on any atom is -0.494 e. The van der Waals surface area contributed by atoms with Crippen LogP contribution in [0.2, 0.25) is 0 Å². The highest BCUT2D eigenvalue weighted by molar-refractivity contribution is 6.04. The third-order valence-electron chi connectivity index (χ3n) is 3.15. The van der Waals surface area contributed by atoms with Gasteiger partial charge in [0.1, 0.15) is 5.75 Å². The molecule has 0 aliphatic rings. The maximum absolute atomic E-state index is 12.5. The van der Waals surface area contributed by atoms with Gasteiger partial charge in [-0.15, -0.1) is 0 Å². The first-order valence-electron chi connectivity index (χ1n) is 7.27. The van der Waals surface area contributed by atoms with Gasteiger partial charge in [0, 0.05) is 23.5 Å². The average Bonchev–Trinajstić information content (AvgIpc) is 2.55. The second kappa shape index (κ2) is 7.68. The maximum atomic E-state index is 12.5. The Balaban J connectivity index is 1.94. The molecule has 3 nitrogen and oxygen atoms in total. The Morgan fingerprint density at radius 3 is 2.25 bits per heavy atom. The van der Waals surface area contributed by atoms with Gasteiger partial charge in [-0.3, -0.25) is 4.79 Å². The highest BCUT2D eigenvalue weighted by Gasteiger charge is 2.29. The van der Waals surface area contributed by atoms with E-state index in [4.69, 9.17) is 4.74 Å². The minimum atomic E-state index is -4.36. The van der Waals surface area contributed by atoms with Gasteiger partial charge in [0.15, 0.2) is 5.78 Å². The van der Waals surface area contributed by atoms with Crippen molar-refractivity contribution in [1.29, 1.82) is 0 Å². The highest BCUT2D eigenvalue weighted by Crippen LogP contribution is 2.29. The molecule has 6 heteroatoms. The molecule has 0 amide bonds. The summed E-state index contributed by atoms with van der Waals surface area (Å²) in [5.74, 6) is 0.457. The van der Waals surface area contributed by atoms with Gasteiger partial charge in [0.25, 0.3) is 0 Å². The lowest BCUT2D eigenvalue weighted by atomic mass is 10.1. The van der Waals surface area contributed by atoms with Gasteiger partial charge in [-0.1, -0.05) is 0 Å². The van der Waals surface area contributed by atoms with Crippen LogP contribution in [0.3, 0.4) is 0 Å². The molecule has 0 saturated heterocycles. The van der Waals surface area contributed by atoms with E-state index in [0.29, 0.717) is 23.6 Å². The van der Waals surface area contributed by atoms with Crippen LogP contribution >= 0.6 is 0 Å². The number of hydrogen-bond donors (Lipinski definition) is 1. The predicted molar refractivity (Wildman–Crippen MR) is 86.1 cm³/mol. The van der Waals surface area contributed by atoms with Crippen molar-refractivity contribution in [3.05, 3.63) is 71.9 Å². The summed E-state index contributed by atoms with van der Waals surface area (Å²) >= 11 is 0. The van der Waals surface area contributed by atoms with E-state index in [9.17, 15) is 18.0 Å². The van der Waals surface area contributed by atoms with E-state index in [0.717, 1.165) is 12.1 Å². The van der Waals surface area contributed by atoms with Crippen molar-refractivity contribution >= 4 is 11.5 Å². The van der Waals surface area contributed by atoms with Gasteiger partial charge < -0.3 is 10.1 Å². The molecule has 0 radical (unpaired) electrons. The molecule has 2 rings (SSSR count). The second-order valence-electron chi connectivity index (χ2n) is 4.87. The third-order valence-corrected chi connectivity index (χ3v) is 3.15. The molecule has 0 aliphatic heterocycles. The largest absolute Gasteiger partial charge is 0.494 e. The summed E-state index contributed by atoms with van der Waals surface area (Å²) in [6, 6.07) is 11.3. The number of carbonyl (C=O) groups excluding carboxylic acids is 1. The SMILES string of the molecule is CCOc1ccc(C(=O)C=CNc2ccc(C(F)(F)F)cc2)cc1. The number of alkyl halides is 3. The number of ether oxygens (including phenoxy) is 1. The first kappa shape index (κ1) is 17.6.